The van der Waals surface area contributed by atoms with E-state index in [2.05, 4.69) is 4.84 Å². The monoisotopic (exact) mass is 237 g/mol. The van der Waals surface area contributed by atoms with Gasteiger partial charge in [-0.2, -0.15) is 5.90 Å². The number of nitrogens with two attached hydrogens (primary N) is 1. The van der Waals surface area contributed by atoms with E-state index >= 15 is 0 Å². The standard InChI is InChI=1S/C12H15NO4/c1-2-3-8-16-11(14)9-4-6-10(7-5-9)12(15)17-13/h4-7H,2-3,8,13H2,1H3. The summed E-state index contributed by atoms with van der Waals surface area (Å²) in [5.41, 5.74) is 0.687. The molecular weight excluding hydrogens is 222 g/mol. The lowest BCUT2D eigenvalue weighted by atomic mass is 10.1. The van der Waals surface area contributed by atoms with Crippen LogP contribution in [-0.2, 0) is 9.57 Å². The van der Waals surface area contributed by atoms with Crippen molar-refractivity contribution in [3.05, 3.63) is 35.4 Å². The molecule has 1 aromatic carbocycles. The van der Waals surface area contributed by atoms with Crippen LogP contribution in [0.15, 0.2) is 24.3 Å². The minimum atomic E-state index is -0.643. The second-order valence-corrected chi connectivity index (χ2v) is 3.47. The minimum absolute atomic E-state index is 0.289. The summed E-state index contributed by atoms with van der Waals surface area (Å²) in [6.45, 7) is 2.42. The normalized spacial score (nSPS) is 9.76. The largest absolute Gasteiger partial charge is 0.462 e. The number of ether oxygens (including phenoxy) is 1. The number of esters is 1. The Morgan fingerprint density at radius 3 is 2.12 bits per heavy atom. The maximum Gasteiger partial charge on any atom is 0.356 e. The number of rotatable bonds is 5. The van der Waals surface area contributed by atoms with Gasteiger partial charge in [0.25, 0.3) is 0 Å². The first-order valence-corrected chi connectivity index (χ1v) is 5.37. The van der Waals surface area contributed by atoms with Crippen LogP contribution in [0, 0.1) is 0 Å². The first-order chi connectivity index (χ1) is 8.19. The van der Waals surface area contributed by atoms with E-state index in [1.165, 1.54) is 24.3 Å². The zero-order chi connectivity index (χ0) is 12.7. The van der Waals surface area contributed by atoms with Crippen molar-refractivity contribution in [3.8, 4) is 0 Å². The summed E-state index contributed by atoms with van der Waals surface area (Å²) in [7, 11) is 0. The third-order valence-electron chi connectivity index (χ3n) is 2.19. The predicted octanol–water partition coefficient (Wildman–Crippen LogP) is 1.67. The van der Waals surface area contributed by atoms with E-state index < -0.39 is 11.9 Å². The fourth-order valence-corrected chi connectivity index (χ4v) is 1.20. The molecule has 0 aliphatic heterocycles. The molecule has 0 saturated carbocycles. The Kier molecular flexibility index (Phi) is 5.16. The molecule has 0 fully saturated rings. The van der Waals surface area contributed by atoms with Gasteiger partial charge in [0.05, 0.1) is 17.7 Å². The highest BCUT2D eigenvalue weighted by Gasteiger charge is 2.09. The van der Waals surface area contributed by atoms with Crippen LogP contribution in [0.2, 0.25) is 0 Å². The third kappa shape index (κ3) is 3.88. The molecule has 1 aromatic rings. The van der Waals surface area contributed by atoms with Crippen LogP contribution in [0.4, 0.5) is 0 Å². The van der Waals surface area contributed by atoms with Crippen LogP contribution in [-0.4, -0.2) is 18.5 Å². The van der Waals surface area contributed by atoms with Crippen LogP contribution in [0.25, 0.3) is 0 Å². The highest BCUT2D eigenvalue weighted by Crippen LogP contribution is 2.07. The summed E-state index contributed by atoms with van der Waals surface area (Å²) in [5.74, 6) is 3.70. The number of benzene rings is 1. The van der Waals surface area contributed by atoms with Gasteiger partial charge >= 0.3 is 11.9 Å². The maximum atomic E-state index is 11.5. The molecule has 0 unspecified atom stereocenters. The van der Waals surface area contributed by atoms with Gasteiger partial charge in [-0.25, -0.2) is 9.59 Å². The Bertz CT molecular complexity index is 386. The molecule has 2 N–H and O–H groups in total. The lowest BCUT2D eigenvalue weighted by molar-refractivity contribution is 0.0487. The zero-order valence-electron chi connectivity index (χ0n) is 9.64. The molecular formula is C12H15NO4. The van der Waals surface area contributed by atoms with Crippen molar-refractivity contribution in [2.75, 3.05) is 6.61 Å². The summed E-state index contributed by atoms with van der Waals surface area (Å²) < 4.78 is 5.02. The van der Waals surface area contributed by atoms with E-state index in [0.29, 0.717) is 12.2 Å². The second-order valence-electron chi connectivity index (χ2n) is 3.47. The summed E-state index contributed by atoms with van der Waals surface area (Å²) in [6, 6.07) is 5.93. The summed E-state index contributed by atoms with van der Waals surface area (Å²) >= 11 is 0. The molecule has 0 aliphatic carbocycles. The SMILES string of the molecule is CCCCOC(=O)c1ccc(C(=O)ON)cc1. The molecule has 0 aromatic heterocycles. The quantitative estimate of drug-likeness (QED) is 0.479. The fourth-order valence-electron chi connectivity index (χ4n) is 1.20. The number of carbonyl (C=O) groups excluding carboxylic acids is 2. The zero-order valence-corrected chi connectivity index (χ0v) is 9.64. The van der Waals surface area contributed by atoms with Crippen molar-refractivity contribution in [1.29, 1.82) is 0 Å². The van der Waals surface area contributed by atoms with E-state index in [1.807, 2.05) is 6.92 Å². The predicted molar refractivity (Wildman–Crippen MR) is 61.2 cm³/mol. The van der Waals surface area contributed by atoms with Gasteiger partial charge in [-0.05, 0) is 30.7 Å². The smallest absolute Gasteiger partial charge is 0.356 e. The number of unbranched alkanes of at least 4 members (excludes halogenated alkanes) is 1. The summed E-state index contributed by atoms with van der Waals surface area (Å²) in [6.07, 6.45) is 1.80. The van der Waals surface area contributed by atoms with Gasteiger partial charge in [0.2, 0.25) is 0 Å². The van der Waals surface area contributed by atoms with E-state index in [-0.39, 0.29) is 5.56 Å². The van der Waals surface area contributed by atoms with E-state index in [4.69, 9.17) is 10.6 Å². The highest BCUT2D eigenvalue weighted by atomic mass is 16.7. The third-order valence-corrected chi connectivity index (χ3v) is 2.19. The number of hydrogen-bond acceptors (Lipinski definition) is 5. The van der Waals surface area contributed by atoms with Gasteiger partial charge in [-0.1, -0.05) is 13.3 Å². The van der Waals surface area contributed by atoms with Gasteiger partial charge in [-0.3, -0.25) is 0 Å². The maximum absolute atomic E-state index is 11.5. The molecule has 0 radical (unpaired) electrons. The van der Waals surface area contributed by atoms with Crippen LogP contribution in [0.3, 0.4) is 0 Å². The van der Waals surface area contributed by atoms with Crippen LogP contribution < -0.4 is 5.90 Å². The average molecular weight is 237 g/mol. The number of hydrogen-bond donors (Lipinski definition) is 1. The Labute approximate surface area is 99.5 Å². The van der Waals surface area contributed by atoms with Gasteiger partial charge in [-0.15, -0.1) is 0 Å². The highest BCUT2D eigenvalue weighted by molar-refractivity contribution is 5.93. The molecule has 92 valence electrons. The molecule has 0 aliphatic rings. The van der Waals surface area contributed by atoms with Crippen LogP contribution >= 0.6 is 0 Å². The van der Waals surface area contributed by atoms with Gasteiger partial charge in [0.1, 0.15) is 0 Å². The van der Waals surface area contributed by atoms with Crippen LogP contribution in [0.5, 0.6) is 0 Å². The molecule has 0 bridgehead atoms. The van der Waals surface area contributed by atoms with Crippen molar-refractivity contribution in [3.63, 3.8) is 0 Å². The molecule has 0 atom stereocenters. The van der Waals surface area contributed by atoms with Crippen molar-refractivity contribution < 1.29 is 19.2 Å². The van der Waals surface area contributed by atoms with Crippen molar-refractivity contribution in [1.82, 2.24) is 0 Å². The van der Waals surface area contributed by atoms with Crippen LogP contribution in [0.1, 0.15) is 40.5 Å². The van der Waals surface area contributed by atoms with E-state index in [1.54, 1.807) is 0 Å². The van der Waals surface area contributed by atoms with Crippen molar-refractivity contribution >= 4 is 11.9 Å². The topological polar surface area (TPSA) is 78.6 Å². The molecule has 1 rings (SSSR count). The molecule has 17 heavy (non-hydrogen) atoms. The summed E-state index contributed by atoms with van der Waals surface area (Å²) in [4.78, 5) is 26.6. The Morgan fingerprint density at radius 1 is 1.12 bits per heavy atom. The van der Waals surface area contributed by atoms with Crippen molar-refractivity contribution in [2.24, 2.45) is 5.90 Å². The molecule has 0 spiro atoms. The molecule has 0 amide bonds. The fraction of sp³-hybridized carbons (Fsp3) is 0.333. The lowest BCUT2D eigenvalue weighted by Crippen LogP contribution is -2.11. The first kappa shape index (κ1) is 13.2. The lowest BCUT2D eigenvalue weighted by Gasteiger charge is -2.04. The van der Waals surface area contributed by atoms with E-state index in [9.17, 15) is 9.59 Å². The molecule has 0 heterocycles. The molecule has 5 heteroatoms. The van der Waals surface area contributed by atoms with Gasteiger partial charge in [0, 0.05) is 0 Å². The Balaban J connectivity index is 2.61. The first-order valence-electron chi connectivity index (χ1n) is 5.37. The molecule has 0 saturated heterocycles. The van der Waals surface area contributed by atoms with E-state index in [0.717, 1.165) is 12.8 Å². The van der Waals surface area contributed by atoms with Gasteiger partial charge in [0.15, 0.2) is 0 Å². The number of carbonyl (C=O) groups is 2. The average Bonchev–Trinajstić information content (AvgIpc) is 2.38. The Hall–Kier alpha value is -1.88. The Morgan fingerprint density at radius 2 is 1.65 bits per heavy atom. The van der Waals surface area contributed by atoms with Crippen molar-refractivity contribution in [2.45, 2.75) is 19.8 Å². The van der Waals surface area contributed by atoms with Gasteiger partial charge < -0.3 is 9.57 Å². The minimum Gasteiger partial charge on any atom is -0.462 e. The summed E-state index contributed by atoms with van der Waals surface area (Å²) in [5, 5.41) is 0. The molecule has 5 nitrogen and oxygen atoms in total. The second kappa shape index (κ2) is 6.65.